The van der Waals surface area contributed by atoms with E-state index in [0.717, 1.165) is 51.9 Å². The molecule has 0 saturated heterocycles. The van der Waals surface area contributed by atoms with Gasteiger partial charge < -0.3 is 4.74 Å². The summed E-state index contributed by atoms with van der Waals surface area (Å²) in [5, 5.41) is 2.75. The molecule has 4 nitrogen and oxygen atoms in total. The van der Waals surface area contributed by atoms with Crippen LogP contribution in [-0.2, 0) is 18.0 Å². The van der Waals surface area contributed by atoms with E-state index in [0.29, 0.717) is 29.6 Å². The highest BCUT2D eigenvalue weighted by Crippen LogP contribution is 2.40. The third-order valence-corrected chi connectivity index (χ3v) is 5.87. The molecule has 4 aromatic rings. The van der Waals surface area contributed by atoms with Crippen molar-refractivity contribution in [2.24, 2.45) is 0 Å². The lowest BCUT2D eigenvalue weighted by atomic mass is 9.94. The number of rotatable bonds is 3. The van der Waals surface area contributed by atoms with E-state index in [9.17, 15) is 8.78 Å². The molecule has 29 heavy (non-hydrogen) atoms. The van der Waals surface area contributed by atoms with Crippen molar-refractivity contribution in [2.75, 3.05) is 0 Å². The predicted molar refractivity (Wildman–Crippen MR) is 107 cm³/mol. The van der Waals surface area contributed by atoms with Crippen molar-refractivity contribution in [1.29, 1.82) is 0 Å². The molecule has 2 heterocycles. The van der Waals surface area contributed by atoms with Crippen LogP contribution in [0, 0.1) is 11.6 Å². The monoisotopic (exact) mass is 427 g/mol. The number of aromatic nitrogens is 3. The highest BCUT2D eigenvalue weighted by Gasteiger charge is 2.20. The van der Waals surface area contributed by atoms with E-state index in [1.165, 1.54) is 6.33 Å². The Labute approximate surface area is 173 Å². The van der Waals surface area contributed by atoms with Crippen LogP contribution in [0.5, 0.6) is 0 Å². The second-order valence-electron chi connectivity index (χ2n) is 6.49. The van der Waals surface area contributed by atoms with Gasteiger partial charge in [0.2, 0.25) is 0 Å². The first-order chi connectivity index (χ1) is 14.1. The summed E-state index contributed by atoms with van der Waals surface area (Å²) in [6, 6.07) is 11.0. The Morgan fingerprint density at radius 3 is 2.76 bits per heavy atom. The summed E-state index contributed by atoms with van der Waals surface area (Å²) >= 11 is 7.51. The summed E-state index contributed by atoms with van der Waals surface area (Å²) < 4.78 is 33.1. The number of benzene rings is 3. The van der Waals surface area contributed by atoms with Crippen molar-refractivity contribution in [3.8, 4) is 11.4 Å². The van der Waals surface area contributed by atoms with Crippen molar-refractivity contribution in [2.45, 2.75) is 23.3 Å². The first-order valence-electron chi connectivity index (χ1n) is 8.73. The van der Waals surface area contributed by atoms with Gasteiger partial charge in [0.1, 0.15) is 18.0 Å². The minimum absolute atomic E-state index is 0.0993. The van der Waals surface area contributed by atoms with Crippen LogP contribution in [0.3, 0.4) is 0 Å². The Morgan fingerprint density at radius 1 is 1.00 bits per heavy atom. The van der Waals surface area contributed by atoms with Gasteiger partial charge in [-0.15, -0.1) is 0 Å². The number of halogens is 3. The summed E-state index contributed by atoms with van der Waals surface area (Å²) in [7, 11) is 0. The SMILES string of the molecule is Fc1ccc(F)c(Sc2ncnc(-c3c(Cl)cc4c5c(cccc35)COC4)n2)c1. The van der Waals surface area contributed by atoms with Crippen molar-refractivity contribution >= 4 is 34.1 Å². The van der Waals surface area contributed by atoms with E-state index >= 15 is 0 Å². The standard InChI is InChI=1S/C21H12ClF2N3OS/c22-15-6-12-9-28-8-11-2-1-3-14(18(11)12)19(15)20-25-10-26-21(27-20)29-17-7-13(23)4-5-16(17)24/h1-7,10H,8-9H2. The summed E-state index contributed by atoms with van der Waals surface area (Å²) in [4.78, 5) is 12.9. The molecule has 0 bridgehead atoms. The van der Waals surface area contributed by atoms with Gasteiger partial charge in [-0.3, -0.25) is 0 Å². The molecule has 1 aliphatic heterocycles. The van der Waals surface area contributed by atoms with Gasteiger partial charge in [-0.1, -0.05) is 29.8 Å². The van der Waals surface area contributed by atoms with Crippen molar-refractivity contribution in [3.05, 3.63) is 76.6 Å². The Hall–Kier alpha value is -2.61. The molecule has 1 aliphatic rings. The van der Waals surface area contributed by atoms with Crippen LogP contribution in [0.15, 0.2) is 58.8 Å². The van der Waals surface area contributed by atoms with Gasteiger partial charge >= 0.3 is 0 Å². The third-order valence-electron chi connectivity index (χ3n) is 4.66. The second-order valence-corrected chi connectivity index (χ2v) is 7.91. The van der Waals surface area contributed by atoms with Crippen LogP contribution < -0.4 is 0 Å². The summed E-state index contributed by atoms with van der Waals surface area (Å²) in [5.41, 5.74) is 2.77. The minimum atomic E-state index is -0.544. The van der Waals surface area contributed by atoms with Gasteiger partial charge in [0.05, 0.1) is 23.1 Å². The van der Waals surface area contributed by atoms with E-state index < -0.39 is 11.6 Å². The zero-order chi connectivity index (χ0) is 20.0. The number of ether oxygens (including phenoxy) is 1. The molecule has 0 amide bonds. The Kier molecular flexibility index (Phi) is 4.66. The second kappa shape index (κ2) is 7.33. The maximum Gasteiger partial charge on any atom is 0.196 e. The lowest BCUT2D eigenvalue weighted by molar-refractivity contribution is 0.103. The Bertz CT molecular complexity index is 1270. The van der Waals surface area contributed by atoms with Gasteiger partial charge in [0.25, 0.3) is 0 Å². The summed E-state index contributed by atoms with van der Waals surface area (Å²) in [6.07, 6.45) is 1.34. The molecule has 3 aromatic carbocycles. The molecule has 0 fully saturated rings. The Balaban J connectivity index is 1.63. The molecule has 0 saturated carbocycles. The van der Waals surface area contributed by atoms with Gasteiger partial charge in [-0.25, -0.2) is 23.7 Å². The molecule has 0 unspecified atom stereocenters. The number of nitrogens with zero attached hydrogens (tertiary/aromatic N) is 3. The van der Waals surface area contributed by atoms with Gasteiger partial charge in [-0.05, 0) is 57.9 Å². The van der Waals surface area contributed by atoms with Gasteiger partial charge in [-0.2, -0.15) is 0 Å². The predicted octanol–water partition coefficient (Wildman–Crippen LogP) is 5.80. The molecule has 1 aromatic heterocycles. The van der Waals surface area contributed by atoms with Crippen LogP contribution in [0.4, 0.5) is 8.78 Å². The fraction of sp³-hybridized carbons (Fsp3) is 0.0952. The maximum absolute atomic E-state index is 14.0. The quantitative estimate of drug-likeness (QED) is 0.413. The lowest BCUT2D eigenvalue weighted by Gasteiger charge is -2.20. The van der Waals surface area contributed by atoms with Crippen molar-refractivity contribution < 1.29 is 13.5 Å². The molecule has 0 atom stereocenters. The molecular formula is C21H12ClF2N3OS. The van der Waals surface area contributed by atoms with E-state index in [1.807, 2.05) is 24.3 Å². The molecule has 0 spiro atoms. The molecule has 5 rings (SSSR count). The lowest BCUT2D eigenvalue weighted by Crippen LogP contribution is -2.05. The molecule has 0 aliphatic carbocycles. The first kappa shape index (κ1) is 18.4. The van der Waals surface area contributed by atoms with Gasteiger partial charge in [0, 0.05) is 5.56 Å². The fourth-order valence-electron chi connectivity index (χ4n) is 3.45. The zero-order valence-corrected chi connectivity index (χ0v) is 16.4. The maximum atomic E-state index is 14.0. The van der Waals surface area contributed by atoms with Gasteiger partial charge in [0.15, 0.2) is 11.0 Å². The normalized spacial score (nSPS) is 13.1. The van der Waals surface area contributed by atoms with Crippen molar-refractivity contribution in [3.63, 3.8) is 0 Å². The fourth-order valence-corrected chi connectivity index (χ4v) is 4.53. The van der Waals surface area contributed by atoms with E-state index in [1.54, 1.807) is 0 Å². The van der Waals surface area contributed by atoms with E-state index in [-0.39, 0.29) is 10.1 Å². The third kappa shape index (κ3) is 3.35. The minimum Gasteiger partial charge on any atom is -0.372 e. The highest BCUT2D eigenvalue weighted by molar-refractivity contribution is 7.99. The zero-order valence-electron chi connectivity index (χ0n) is 14.8. The van der Waals surface area contributed by atoms with Crippen LogP contribution in [-0.4, -0.2) is 15.0 Å². The van der Waals surface area contributed by atoms with Crippen LogP contribution in [0.25, 0.3) is 22.2 Å². The largest absolute Gasteiger partial charge is 0.372 e. The number of hydrogen-bond donors (Lipinski definition) is 0. The number of hydrogen-bond acceptors (Lipinski definition) is 5. The van der Waals surface area contributed by atoms with Crippen LogP contribution in [0.1, 0.15) is 11.1 Å². The molecule has 144 valence electrons. The molecule has 0 N–H and O–H groups in total. The highest BCUT2D eigenvalue weighted by atomic mass is 35.5. The average molecular weight is 428 g/mol. The summed E-state index contributed by atoms with van der Waals surface area (Å²) in [5.74, 6) is -0.700. The van der Waals surface area contributed by atoms with Crippen LogP contribution >= 0.6 is 23.4 Å². The first-order valence-corrected chi connectivity index (χ1v) is 9.92. The van der Waals surface area contributed by atoms with Crippen LogP contribution in [0.2, 0.25) is 5.02 Å². The molecule has 8 heteroatoms. The molecule has 0 radical (unpaired) electrons. The smallest absolute Gasteiger partial charge is 0.196 e. The van der Waals surface area contributed by atoms with E-state index in [4.69, 9.17) is 16.3 Å². The topological polar surface area (TPSA) is 47.9 Å². The molecular weight excluding hydrogens is 416 g/mol. The average Bonchev–Trinajstić information content (AvgIpc) is 2.71. The van der Waals surface area contributed by atoms with E-state index in [2.05, 4.69) is 15.0 Å². The summed E-state index contributed by atoms with van der Waals surface area (Å²) in [6.45, 7) is 1.02. The Morgan fingerprint density at radius 2 is 1.86 bits per heavy atom. The van der Waals surface area contributed by atoms with Crippen molar-refractivity contribution in [1.82, 2.24) is 15.0 Å².